The summed E-state index contributed by atoms with van der Waals surface area (Å²) in [4.78, 5) is 16.9. The van der Waals surface area contributed by atoms with Crippen LogP contribution in [-0.2, 0) is 4.79 Å². The number of carbonyl (C=O) groups is 1. The van der Waals surface area contributed by atoms with Crippen LogP contribution in [0.25, 0.3) is 33.3 Å². The van der Waals surface area contributed by atoms with Crippen molar-refractivity contribution in [2.45, 2.75) is 11.6 Å². The lowest BCUT2D eigenvalue weighted by Crippen LogP contribution is -2.12. The monoisotopic (exact) mass is 452 g/mol. The molecule has 5 nitrogen and oxygen atoms in total. The third-order valence-electron chi connectivity index (χ3n) is 4.85. The molecule has 1 heterocycles. The maximum atomic E-state index is 12.2. The summed E-state index contributed by atoms with van der Waals surface area (Å²) in [5.41, 5.74) is 4.41. The minimum Gasteiger partial charge on any atom is -0.326 e. The van der Waals surface area contributed by atoms with Crippen molar-refractivity contribution >= 4 is 57.3 Å². The lowest BCUT2D eigenvalue weighted by atomic mass is 10.0. The number of carbonyl (C=O) groups excluding carboxylic acids is 1. The number of amides is 1. The molecular weight excluding hydrogens is 439 g/mol. The highest BCUT2D eigenvalue weighted by Gasteiger charge is 2.24. The van der Waals surface area contributed by atoms with Crippen molar-refractivity contribution in [1.29, 1.82) is 0 Å². The van der Waals surface area contributed by atoms with Crippen LogP contribution in [0.4, 0.5) is 5.69 Å². The van der Waals surface area contributed by atoms with Crippen LogP contribution >= 0.6 is 35.0 Å². The fourth-order valence-electron chi connectivity index (χ4n) is 3.51. The second-order valence-electron chi connectivity index (χ2n) is 6.78. The number of nitrogens with one attached hydrogen (secondary N) is 1. The smallest absolute Gasteiger partial charge is 0.225 e. The van der Waals surface area contributed by atoms with E-state index in [0.29, 0.717) is 33.1 Å². The molecule has 4 aromatic rings. The van der Waals surface area contributed by atoms with E-state index < -0.39 is 0 Å². The summed E-state index contributed by atoms with van der Waals surface area (Å²) >= 11 is 13.3. The van der Waals surface area contributed by atoms with Crippen LogP contribution in [0.1, 0.15) is 6.42 Å². The second kappa shape index (κ2) is 7.87. The van der Waals surface area contributed by atoms with Gasteiger partial charge in [0.1, 0.15) is 11.4 Å². The summed E-state index contributed by atoms with van der Waals surface area (Å²) in [6.07, 6.45) is 0.307. The number of thioether (sulfide) groups is 1. The van der Waals surface area contributed by atoms with Crippen LogP contribution in [-0.4, -0.2) is 26.8 Å². The van der Waals surface area contributed by atoms with Crippen molar-refractivity contribution in [2.75, 3.05) is 11.1 Å². The molecule has 0 fully saturated rings. The molecule has 0 atom stereocenters. The molecule has 0 spiro atoms. The zero-order valence-corrected chi connectivity index (χ0v) is 17.9. The third kappa shape index (κ3) is 3.51. The Morgan fingerprint density at radius 3 is 2.47 bits per heavy atom. The number of benzene rings is 3. The molecule has 1 aliphatic carbocycles. The highest BCUT2D eigenvalue weighted by atomic mass is 35.5. The fraction of sp³-hybridized carbons (Fsp3) is 0.0909. The van der Waals surface area contributed by atoms with Gasteiger partial charge in [-0.1, -0.05) is 71.4 Å². The number of halogens is 2. The zero-order valence-electron chi connectivity index (χ0n) is 15.5. The highest BCUT2D eigenvalue weighted by Crippen LogP contribution is 2.44. The van der Waals surface area contributed by atoms with Crippen LogP contribution in [0.2, 0.25) is 10.0 Å². The predicted molar refractivity (Wildman–Crippen MR) is 122 cm³/mol. The number of rotatable bonds is 5. The first-order chi connectivity index (χ1) is 14.6. The first-order valence-corrected chi connectivity index (χ1v) is 11.0. The number of nitrogens with zero attached hydrogens (tertiary/aromatic N) is 3. The van der Waals surface area contributed by atoms with Crippen molar-refractivity contribution < 1.29 is 4.79 Å². The third-order valence-corrected chi connectivity index (χ3v) is 6.42. The number of hydrogen-bond acceptors (Lipinski definition) is 5. The second-order valence-corrected chi connectivity index (χ2v) is 8.65. The van der Waals surface area contributed by atoms with Crippen molar-refractivity contribution in [1.82, 2.24) is 15.2 Å². The van der Waals surface area contributed by atoms with Gasteiger partial charge in [-0.3, -0.25) is 4.79 Å². The molecule has 0 unspecified atom stereocenters. The van der Waals surface area contributed by atoms with Crippen molar-refractivity contribution in [3.63, 3.8) is 0 Å². The van der Waals surface area contributed by atoms with Gasteiger partial charge in [0, 0.05) is 34.4 Å². The van der Waals surface area contributed by atoms with Gasteiger partial charge in [-0.25, -0.2) is 4.98 Å². The number of aromatic nitrogens is 3. The van der Waals surface area contributed by atoms with Gasteiger partial charge in [-0.05, 0) is 23.6 Å². The molecule has 1 amide bonds. The molecule has 3 aromatic carbocycles. The number of anilines is 1. The van der Waals surface area contributed by atoms with Crippen LogP contribution in [0.5, 0.6) is 0 Å². The van der Waals surface area contributed by atoms with Gasteiger partial charge in [0.2, 0.25) is 11.1 Å². The van der Waals surface area contributed by atoms with Crippen LogP contribution < -0.4 is 5.32 Å². The lowest BCUT2D eigenvalue weighted by Gasteiger charge is -2.06. The molecule has 0 bridgehead atoms. The molecule has 0 saturated carbocycles. The molecule has 1 N–H and O–H groups in total. The summed E-state index contributed by atoms with van der Waals surface area (Å²) in [6, 6.07) is 17.3. The highest BCUT2D eigenvalue weighted by molar-refractivity contribution is 7.99. The summed E-state index contributed by atoms with van der Waals surface area (Å²) < 4.78 is 0. The average molecular weight is 453 g/mol. The van der Waals surface area contributed by atoms with E-state index >= 15 is 0 Å². The minimum atomic E-state index is -0.118. The Bertz CT molecular complexity index is 1310. The predicted octanol–water partition coefficient (Wildman–Crippen LogP) is 6.10. The van der Waals surface area contributed by atoms with E-state index in [4.69, 9.17) is 28.2 Å². The van der Waals surface area contributed by atoms with Crippen LogP contribution in [0, 0.1) is 0 Å². The van der Waals surface area contributed by atoms with Gasteiger partial charge in [0.05, 0.1) is 10.0 Å². The summed E-state index contributed by atoms with van der Waals surface area (Å²) in [5.74, 6) is 0.414. The van der Waals surface area contributed by atoms with E-state index in [-0.39, 0.29) is 5.91 Å². The molecule has 8 heteroatoms. The normalized spacial score (nSPS) is 11.5. The molecule has 0 aliphatic heterocycles. The van der Waals surface area contributed by atoms with Gasteiger partial charge >= 0.3 is 0 Å². The molecule has 30 heavy (non-hydrogen) atoms. The standard InChI is InChI=1S/C22H14Cl2N4OS/c23-16-8-7-13(11-17(16)24)25-18(29)9-10-30-22-26-20-14-5-1-3-12-4-2-6-15(19(12)14)21(20)27-28-22/h1-8,11H,9-10H2,(H,25,29). The van der Waals surface area contributed by atoms with Gasteiger partial charge in [0.15, 0.2) is 0 Å². The molecule has 1 aromatic heterocycles. The topological polar surface area (TPSA) is 67.8 Å². The van der Waals surface area contributed by atoms with Crippen molar-refractivity contribution in [3.05, 3.63) is 64.6 Å². The Morgan fingerprint density at radius 2 is 1.70 bits per heavy atom. The van der Waals surface area contributed by atoms with Gasteiger partial charge in [-0.2, -0.15) is 0 Å². The van der Waals surface area contributed by atoms with Crippen molar-refractivity contribution in [3.8, 4) is 22.5 Å². The SMILES string of the molecule is O=C(CCSc1nnc2c(n1)-c1cccc3cccc-2c13)Nc1ccc(Cl)c(Cl)c1. The first-order valence-electron chi connectivity index (χ1n) is 9.25. The summed E-state index contributed by atoms with van der Waals surface area (Å²) in [7, 11) is 0. The largest absolute Gasteiger partial charge is 0.326 e. The van der Waals surface area contributed by atoms with E-state index in [1.165, 1.54) is 17.1 Å². The van der Waals surface area contributed by atoms with Gasteiger partial charge in [0.25, 0.3) is 0 Å². The Hall–Kier alpha value is -2.67. The van der Waals surface area contributed by atoms with Gasteiger partial charge in [-0.15, -0.1) is 10.2 Å². The number of fused-ring (bicyclic) bond motifs is 3. The average Bonchev–Trinajstić information content (AvgIpc) is 3.06. The van der Waals surface area contributed by atoms with Gasteiger partial charge < -0.3 is 5.32 Å². The molecule has 0 radical (unpaired) electrons. The summed E-state index contributed by atoms with van der Waals surface area (Å²) in [6.45, 7) is 0. The van der Waals surface area contributed by atoms with E-state index in [1.54, 1.807) is 18.2 Å². The Labute approximate surface area is 186 Å². The molecule has 148 valence electrons. The van der Waals surface area contributed by atoms with E-state index in [1.807, 2.05) is 18.2 Å². The first kappa shape index (κ1) is 19.3. The molecule has 5 rings (SSSR count). The lowest BCUT2D eigenvalue weighted by molar-refractivity contribution is -0.115. The maximum absolute atomic E-state index is 12.2. The van der Waals surface area contributed by atoms with E-state index in [2.05, 4.69) is 33.7 Å². The van der Waals surface area contributed by atoms with Crippen LogP contribution in [0.3, 0.4) is 0 Å². The molecule has 1 aliphatic rings. The van der Waals surface area contributed by atoms with Crippen LogP contribution in [0.15, 0.2) is 59.8 Å². The summed E-state index contributed by atoms with van der Waals surface area (Å²) in [5, 5.41) is 15.2. The van der Waals surface area contributed by atoms with Crippen molar-refractivity contribution in [2.24, 2.45) is 0 Å². The molecule has 0 saturated heterocycles. The van der Waals surface area contributed by atoms with E-state index in [0.717, 1.165) is 27.9 Å². The zero-order chi connectivity index (χ0) is 20.7. The Kier molecular flexibility index (Phi) is 5.06. The Balaban J connectivity index is 1.27. The fourth-order valence-corrected chi connectivity index (χ4v) is 4.53. The molecular formula is C22H14Cl2N4OS. The quantitative estimate of drug-likeness (QED) is 0.326. The number of hydrogen-bond donors (Lipinski definition) is 1. The maximum Gasteiger partial charge on any atom is 0.225 e. The minimum absolute atomic E-state index is 0.118. The van der Waals surface area contributed by atoms with E-state index in [9.17, 15) is 4.79 Å². The Morgan fingerprint density at radius 1 is 0.933 bits per heavy atom.